The number of benzene rings is 1. The number of ether oxygens (including phenoxy) is 1. The van der Waals surface area contributed by atoms with E-state index < -0.39 is 90.7 Å². The van der Waals surface area contributed by atoms with Crippen molar-refractivity contribution in [1.29, 1.82) is 0 Å². The van der Waals surface area contributed by atoms with Crippen LogP contribution >= 0.6 is 23.5 Å². The fourth-order valence-corrected chi connectivity index (χ4v) is 6.44. The lowest BCUT2D eigenvalue weighted by Crippen LogP contribution is -2.33. The van der Waals surface area contributed by atoms with E-state index in [1.165, 1.54) is 29.1 Å². The summed E-state index contributed by atoms with van der Waals surface area (Å²) in [6, 6.07) is 2.64. The van der Waals surface area contributed by atoms with Gasteiger partial charge in [0.15, 0.2) is 29.2 Å². The van der Waals surface area contributed by atoms with Gasteiger partial charge in [0.1, 0.15) is 41.8 Å². The minimum Gasteiger partial charge on any atom is -0.504 e. The molecule has 29 heteroatoms. The second-order valence-corrected chi connectivity index (χ2v) is 13.5. The Morgan fingerprint density at radius 1 is 0.980 bits per heavy atom. The lowest BCUT2D eigenvalue weighted by molar-refractivity contribution is -0.139. The Morgan fingerprint density at radius 2 is 1.61 bits per heavy atom. The van der Waals surface area contributed by atoms with Gasteiger partial charge in [-0.1, -0.05) is 6.07 Å². The summed E-state index contributed by atoms with van der Waals surface area (Å²) < 4.78 is 51.9. The van der Waals surface area contributed by atoms with Crippen LogP contribution in [0.25, 0.3) is 11.2 Å². The Kier molecular flexibility index (Phi) is 14.2. The molecule has 0 aliphatic carbocycles. The highest BCUT2D eigenvalue weighted by atomic mass is 31.3. The Balaban J connectivity index is 0.000000378. The number of nitrogens with two attached hydrogens (primary N) is 2. The second-order valence-electron chi connectivity index (χ2n) is 9.12. The maximum atomic E-state index is 11.8. The van der Waals surface area contributed by atoms with Crippen LogP contribution in [0.4, 0.5) is 5.82 Å². The molecule has 26 nitrogen and oxygen atoms in total. The number of para-hydroxylation sites is 1. The molecule has 0 bridgehead atoms. The number of carboxylic acid groups (broad SMARTS) is 2. The summed E-state index contributed by atoms with van der Waals surface area (Å²) in [4.78, 5) is 67.2. The van der Waals surface area contributed by atoms with Gasteiger partial charge in [0.2, 0.25) is 0 Å². The number of phosphoric acid groups is 3. The number of aromatic carboxylic acids is 1. The lowest BCUT2D eigenvalue weighted by Gasteiger charge is -2.19. The van der Waals surface area contributed by atoms with Crippen molar-refractivity contribution in [3.63, 3.8) is 0 Å². The molecule has 15 N–H and O–H groups in total. The van der Waals surface area contributed by atoms with Gasteiger partial charge >= 0.3 is 35.4 Å². The van der Waals surface area contributed by atoms with Gasteiger partial charge in [0, 0.05) is 0 Å². The zero-order valence-corrected chi connectivity index (χ0v) is 26.7. The number of phenolic OH excluding ortho intramolecular Hbond substituents is 1. The van der Waals surface area contributed by atoms with Gasteiger partial charge in [-0.2, -0.15) is 8.62 Å². The van der Waals surface area contributed by atoms with E-state index >= 15 is 0 Å². The molecule has 2 aromatic heterocycles. The van der Waals surface area contributed by atoms with Crippen molar-refractivity contribution in [1.82, 2.24) is 19.5 Å². The van der Waals surface area contributed by atoms with Gasteiger partial charge < -0.3 is 71.5 Å². The largest absolute Gasteiger partial charge is 0.504 e. The standard InChI is InChI=1S/C10H16N5O13P3.C7H6O4.C3H7NO3/c11-8-5-9(13-2-12-8)15(3-14-5)10-7(17)6(16)4(26-10)1-25-30(21,22)28-31(23,24)27-29(18,19)20;8-5-3-1-2-4(6(5)9)7(10)11;4-2(1-5)3(6)7/h2-4,6-7,10,16-17H,1H2,(H,21,22)(H,23,24)(H2,11,12,13)(H2,18,19,20);1-3,8-9H,(H,10,11);2,5H,1,4H2,(H,6,7)/t4-,6-,7-,10-;;2-/m1.0/s1. The molecule has 1 aliphatic heterocycles. The highest BCUT2D eigenvalue weighted by Crippen LogP contribution is 2.66. The molecule has 0 radical (unpaired) electrons. The van der Waals surface area contributed by atoms with Gasteiger partial charge in [0.25, 0.3) is 0 Å². The third-order valence-corrected chi connectivity index (χ3v) is 9.38. The van der Waals surface area contributed by atoms with Crippen LogP contribution in [0.15, 0.2) is 30.9 Å². The van der Waals surface area contributed by atoms with E-state index in [4.69, 9.17) is 56.4 Å². The summed E-state index contributed by atoms with van der Waals surface area (Å²) in [5, 5.41) is 62.5. The van der Waals surface area contributed by atoms with Crippen molar-refractivity contribution in [2.45, 2.75) is 30.6 Å². The molecule has 1 fully saturated rings. The summed E-state index contributed by atoms with van der Waals surface area (Å²) in [5.74, 6) is -3.42. The molecule has 49 heavy (non-hydrogen) atoms. The number of imidazole rings is 1. The van der Waals surface area contributed by atoms with E-state index in [0.717, 1.165) is 6.33 Å². The Morgan fingerprint density at radius 3 is 2.12 bits per heavy atom. The number of nitrogen functional groups attached to an aromatic ring is 1. The van der Waals surface area contributed by atoms with Gasteiger partial charge in [-0.05, 0) is 12.1 Å². The van der Waals surface area contributed by atoms with Gasteiger partial charge in [0.05, 0.1) is 19.5 Å². The summed E-state index contributed by atoms with van der Waals surface area (Å²) in [5.41, 5.74) is 10.5. The third kappa shape index (κ3) is 12.0. The minimum absolute atomic E-state index is 0.0426. The number of aliphatic hydroxyl groups is 3. The maximum Gasteiger partial charge on any atom is 0.490 e. The number of fused-ring (bicyclic) bond motifs is 1. The predicted octanol–water partition coefficient (Wildman–Crippen LogP) is -2.44. The van der Waals surface area contributed by atoms with E-state index in [1.807, 2.05) is 0 Å². The number of carboxylic acids is 2. The van der Waals surface area contributed by atoms with Crippen LogP contribution in [0.3, 0.4) is 0 Å². The molecule has 0 saturated carbocycles. The number of aliphatic carboxylic acids is 1. The number of hydrogen-bond donors (Lipinski definition) is 13. The molecule has 3 aromatic rings. The zero-order chi connectivity index (χ0) is 37.5. The topological polar surface area (TPSA) is 440 Å². The van der Waals surface area contributed by atoms with Crippen molar-refractivity contribution in [3.8, 4) is 11.5 Å². The average Bonchev–Trinajstić information content (AvgIpc) is 3.52. The molecule has 3 heterocycles. The van der Waals surface area contributed by atoms with Gasteiger partial charge in [-0.25, -0.2) is 33.4 Å². The number of hydrogen-bond acceptors (Lipinski definition) is 19. The number of anilines is 1. The van der Waals surface area contributed by atoms with Gasteiger partial charge in [-0.15, -0.1) is 0 Å². The Bertz CT molecular complexity index is 1770. The molecule has 1 aromatic carbocycles. The quantitative estimate of drug-likeness (QED) is 0.0712. The van der Waals surface area contributed by atoms with E-state index in [0.29, 0.717) is 0 Å². The first-order valence-electron chi connectivity index (χ1n) is 12.6. The highest BCUT2D eigenvalue weighted by Gasteiger charge is 2.47. The first kappa shape index (κ1) is 41.5. The van der Waals surface area contributed by atoms with E-state index in [1.54, 1.807) is 0 Å². The normalized spacial score (nSPS) is 22.0. The number of aliphatic hydroxyl groups excluding tert-OH is 3. The maximum absolute atomic E-state index is 11.8. The van der Waals surface area contributed by atoms with Crippen molar-refractivity contribution in [3.05, 3.63) is 36.4 Å². The Hall–Kier alpha value is -3.68. The highest BCUT2D eigenvalue weighted by molar-refractivity contribution is 7.66. The summed E-state index contributed by atoms with van der Waals surface area (Å²) in [7, 11) is -16.7. The fraction of sp³-hybridized carbons (Fsp3) is 0.350. The van der Waals surface area contributed by atoms with E-state index in [2.05, 4.69) is 28.1 Å². The smallest absolute Gasteiger partial charge is 0.490 e. The molecular weight excluding hydrogens is 737 g/mol. The second kappa shape index (κ2) is 16.8. The Labute approximate surface area is 271 Å². The molecule has 274 valence electrons. The number of phosphoric ester groups is 1. The minimum atomic E-state index is -5.70. The number of carbonyl (C=O) groups is 2. The van der Waals surface area contributed by atoms with Crippen LogP contribution < -0.4 is 11.5 Å². The number of rotatable bonds is 11. The fourth-order valence-electron chi connectivity index (χ4n) is 3.41. The summed E-state index contributed by atoms with van der Waals surface area (Å²) in [6.07, 6.45) is -3.69. The van der Waals surface area contributed by atoms with Crippen LogP contribution in [-0.2, 0) is 36.4 Å². The number of aromatic hydroxyl groups is 2. The summed E-state index contributed by atoms with van der Waals surface area (Å²) >= 11 is 0. The van der Waals surface area contributed by atoms with Crippen molar-refractivity contribution in [2.75, 3.05) is 18.9 Å². The molecule has 0 amide bonds. The number of phenols is 2. The van der Waals surface area contributed by atoms with E-state index in [9.17, 15) is 38.4 Å². The van der Waals surface area contributed by atoms with Crippen LogP contribution in [0.5, 0.6) is 11.5 Å². The number of aromatic nitrogens is 4. The molecule has 1 aliphatic rings. The molecule has 1 saturated heterocycles. The predicted molar refractivity (Wildman–Crippen MR) is 155 cm³/mol. The zero-order valence-electron chi connectivity index (χ0n) is 24.1. The summed E-state index contributed by atoms with van der Waals surface area (Å²) in [6.45, 7) is -1.46. The number of nitrogens with zero attached hydrogens (tertiary/aromatic N) is 4. The molecule has 2 unspecified atom stereocenters. The molecular formula is C20H29N6O20P3. The van der Waals surface area contributed by atoms with Crippen molar-refractivity contribution in [2.24, 2.45) is 5.73 Å². The van der Waals surface area contributed by atoms with Gasteiger partial charge in [-0.3, -0.25) is 13.9 Å². The average molecular weight is 766 g/mol. The molecule has 7 atom stereocenters. The van der Waals surface area contributed by atoms with Crippen LogP contribution in [-0.4, -0.2) is 124 Å². The first-order valence-corrected chi connectivity index (χ1v) is 17.1. The van der Waals surface area contributed by atoms with Crippen molar-refractivity contribution < 1.29 is 96.5 Å². The third-order valence-electron chi connectivity index (χ3n) is 5.58. The molecule has 4 rings (SSSR count). The van der Waals surface area contributed by atoms with Crippen LogP contribution in [0.2, 0.25) is 0 Å². The SMILES string of the molecule is N[C@@H](CO)C(=O)O.Nc1ncnc2c1ncn2[C@@H]1O[C@H](COP(=O)(O)OP(=O)(O)OP(=O)(O)O)[C@@H](O)[C@H]1O.O=C(O)c1cccc(O)c1O. The molecule has 0 spiro atoms. The van der Waals surface area contributed by atoms with Crippen LogP contribution in [0, 0.1) is 0 Å². The van der Waals surface area contributed by atoms with Crippen LogP contribution in [0.1, 0.15) is 16.6 Å². The first-order chi connectivity index (χ1) is 22.5. The lowest BCUT2D eigenvalue weighted by atomic mass is 10.1. The van der Waals surface area contributed by atoms with Crippen molar-refractivity contribution >= 4 is 52.4 Å². The van der Waals surface area contributed by atoms with E-state index in [-0.39, 0.29) is 22.5 Å². The monoisotopic (exact) mass is 766 g/mol.